The molecular formula is C20H18N4O. The Morgan fingerprint density at radius 1 is 1.00 bits per heavy atom. The van der Waals surface area contributed by atoms with Gasteiger partial charge in [0.1, 0.15) is 0 Å². The lowest BCUT2D eigenvalue weighted by Gasteiger charge is -2.22. The van der Waals surface area contributed by atoms with Crippen LogP contribution in [0.15, 0.2) is 67.3 Å². The van der Waals surface area contributed by atoms with Crippen LogP contribution >= 0.6 is 0 Å². The smallest absolute Gasteiger partial charge is 0.257 e. The molecule has 1 amide bonds. The maximum Gasteiger partial charge on any atom is 0.257 e. The van der Waals surface area contributed by atoms with Gasteiger partial charge in [0.05, 0.1) is 5.56 Å². The second kappa shape index (κ2) is 6.81. The van der Waals surface area contributed by atoms with E-state index >= 15 is 0 Å². The predicted molar refractivity (Wildman–Crippen MR) is 94.6 cm³/mol. The summed E-state index contributed by atoms with van der Waals surface area (Å²) in [4.78, 5) is 27.7. The molecule has 0 atom stereocenters. The lowest BCUT2D eigenvalue weighted by molar-refractivity contribution is 0.0729. The summed E-state index contributed by atoms with van der Waals surface area (Å²) in [5.74, 6) is 0.605. The van der Waals surface area contributed by atoms with E-state index < -0.39 is 0 Å². The molecule has 25 heavy (non-hydrogen) atoms. The number of hydrogen-bond acceptors (Lipinski definition) is 4. The van der Waals surface area contributed by atoms with Crippen LogP contribution in [0, 0.1) is 0 Å². The maximum atomic E-state index is 12.9. The molecule has 0 unspecified atom stereocenters. The van der Waals surface area contributed by atoms with Gasteiger partial charge in [-0.15, -0.1) is 0 Å². The summed E-state index contributed by atoms with van der Waals surface area (Å²) in [5, 5.41) is 0. The average Bonchev–Trinajstić information content (AvgIpc) is 3.52. The zero-order valence-corrected chi connectivity index (χ0v) is 13.7. The van der Waals surface area contributed by atoms with Gasteiger partial charge in [-0.05, 0) is 24.5 Å². The lowest BCUT2D eigenvalue weighted by Crippen LogP contribution is -2.32. The lowest BCUT2D eigenvalue weighted by atomic mass is 10.2. The third kappa shape index (κ3) is 3.55. The Bertz CT molecular complexity index is 846. The van der Waals surface area contributed by atoms with E-state index in [0.717, 1.165) is 24.0 Å². The van der Waals surface area contributed by atoms with Gasteiger partial charge in [0, 0.05) is 42.9 Å². The van der Waals surface area contributed by atoms with E-state index in [4.69, 9.17) is 0 Å². The minimum atomic E-state index is -0.0223. The second-order valence-corrected chi connectivity index (χ2v) is 6.19. The zero-order valence-electron chi connectivity index (χ0n) is 13.7. The van der Waals surface area contributed by atoms with Crippen LogP contribution in [0.2, 0.25) is 0 Å². The van der Waals surface area contributed by atoms with Crippen LogP contribution in [0.25, 0.3) is 11.4 Å². The molecule has 2 heterocycles. The van der Waals surface area contributed by atoms with Crippen molar-refractivity contribution in [3.05, 3.63) is 78.4 Å². The van der Waals surface area contributed by atoms with Crippen molar-refractivity contribution in [2.75, 3.05) is 0 Å². The van der Waals surface area contributed by atoms with Gasteiger partial charge >= 0.3 is 0 Å². The molecule has 1 aliphatic carbocycles. The molecule has 1 aliphatic rings. The Morgan fingerprint density at radius 3 is 2.40 bits per heavy atom. The monoisotopic (exact) mass is 330 g/mol. The van der Waals surface area contributed by atoms with Crippen molar-refractivity contribution in [3.8, 4) is 11.4 Å². The van der Waals surface area contributed by atoms with Crippen LogP contribution in [0.3, 0.4) is 0 Å². The normalized spacial score (nSPS) is 13.4. The average molecular weight is 330 g/mol. The van der Waals surface area contributed by atoms with Gasteiger partial charge in [0.25, 0.3) is 5.91 Å². The molecule has 0 N–H and O–H groups in total. The molecule has 1 saturated carbocycles. The quantitative estimate of drug-likeness (QED) is 0.720. The van der Waals surface area contributed by atoms with E-state index in [1.54, 1.807) is 24.8 Å². The summed E-state index contributed by atoms with van der Waals surface area (Å²) in [6.07, 6.45) is 8.89. The van der Waals surface area contributed by atoms with E-state index in [9.17, 15) is 4.79 Å². The SMILES string of the molecule is O=C(c1cnc(-c2ccccc2)nc1)N(Cc1cccnc1)C1CC1. The molecule has 3 aromatic rings. The maximum absolute atomic E-state index is 12.9. The Labute approximate surface area is 146 Å². The molecule has 0 spiro atoms. The Kier molecular flexibility index (Phi) is 4.21. The van der Waals surface area contributed by atoms with Gasteiger partial charge in [-0.3, -0.25) is 9.78 Å². The number of pyridine rings is 1. The van der Waals surface area contributed by atoms with Crippen LogP contribution in [-0.2, 0) is 6.54 Å². The van der Waals surface area contributed by atoms with Crippen molar-refractivity contribution in [1.29, 1.82) is 0 Å². The van der Waals surface area contributed by atoms with Crippen molar-refractivity contribution in [3.63, 3.8) is 0 Å². The molecule has 5 heteroatoms. The molecule has 1 aromatic carbocycles. The summed E-state index contributed by atoms with van der Waals surface area (Å²) < 4.78 is 0. The third-order valence-electron chi connectivity index (χ3n) is 4.25. The van der Waals surface area contributed by atoms with E-state index in [2.05, 4.69) is 15.0 Å². The van der Waals surface area contributed by atoms with Gasteiger partial charge in [0.2, 0.25) is 0 Å². The number of rotatable bonds is 5. The Hall–Kier alpha value is -3.08. The first-order valence-electron chi connectivity index (χ1n) is 8.38. The number of carbonyl (C=O) groups excluding carboxylic acids is 1. The first kappa shape index (κ1) is 15.4. The minimum Gasteiger partial charge on any atom is -0.331 e. The molecule has 0 aliphatic heterocycles. The molecule has 4 rings (SSSR count). The van der Waals surface area contributed by atoms with E-state index in [0.29, 0.717) is 24.0 Å². The summed E-state index contributed by atoms with van der Waals surface area (Å²) in [7, 11) is 0. The number of aromatic nitrogens is 3. The van der Waals surface area contributed by atoms with Crippen molar-refractivity contribution in [1.82, 2.24) is 19.9 Å². The highest BCUT2D eigenvalue weighted by atomic mass is 16.2. The van der Waals surface area contributed by atoms with Gasteiger partial charge in [-0.25, -0.2) is 9.97 Å². The van der Waals surface area contributed by atoms with Crippen molar-refractivity contribution >= 4 is 5.91 Å². The van der Waals surface area contributed by atoms with Gasteiger partial charge < -0.3 is 4.90 Å². The van der Waals surface area contributed by atoms with E-state index in [-0.39, 0.29) is 5.91 Å². The fourth-order valence-electron chi connectivity index (χ4n) is 2.78. The first-order valence-corrected chi connectivity index (χ1v) is 8.38. The van der Waals surface area contributed by atoms with Crippen LogP contribution in [-0.4, -0.2) is 31.8 Å². The molecular weight excluding hydrogens is 312 g/mol. The number of benzene rings is 1. The minimum absolute atomic E-state index is 0.0223. The highest BCUT2D eigenvalue weighted by Crippen LogP contribution is 2.29. The Morgan fingerprint density at radius 2 is 1.76 bits per heavy atom. The van der Waals surface area contributed by atoms with Crippen LogP contribution in [0.5, 0.6) is 0 Å². The van der Waals surface area contributed by atoms with Crippen molar-refractivity contribution < 1.29 is 4.79 Å². The number of hydrogen-bond donors (Lipinski definition) is 0. The van der Waals surface area contributed by atoms with Crippen molar-refractivity contribution in [2.24, 2.45) is 0 Å². The highest BCUT2D eigenvalue weighted by Gasteiger charge is 2.33. The van der Waals surface area contributed by atoms with Crippen LogP contribution < -0.4 is 0 Å². The molecule has 2 aromatic heterocycles. The summed E-state index contributed by atoms with van der Waals surface area (Å²) >= 11 is 0. The second-order valence-electron chi connectivity index (χ2n) is 6.19. The van der Waals surface area contributed by atoms with Gasteiger partial charge in [-0.1, -0.05) is 36.4 Å². The Balaban J connectivity index is 1.54. The first-order chi connectivity index (χ1) is 12.3. The topological polar surface area (TPSA) is 59.0 Å². The van der Waals surface area contributed by atoms with Crippen LogP contribution in [0.1, 0.15) is 28.8 Å². The van der Waals surface area contributed by atoms with E-state index in [1.807, 2.05) is 47.4 Å². The summed E-state index contributed by atoms with van der Waals surface area (Å²) in [6.45, 7) is 0.567. The molecule has 124 valence electrons. The summed E-state index contributed by atoms with van der Waals surface area (Å²) in [6, 6.07) is 13.9. The molecule has 0 saturated heterocycles. The largest absolute Gasteiger partial charge is 0.331 e. The number of carbonyl (C=O) groups is 1. The number of amides is 1. The number of nitrogens with zero attached hydrogens (tertiary/aromatic N) is 4. The third-order valence-corrected chi connectivity index (χ3v) is 4.25. The highest BCUT2D eigenvalue weighted by molar-refractivity contribution is 5.94. The summed E-state index contributed by atoms with van der Waals surface area (Å²) in [5.41, 5.74) is 2.50. The van der Waals surface area contributed by atoms with Gasteiger partial charge in [0.15, 0.2) is 5.82 Å². The molecule has 5 nitrogen and oxygen atoms in total. The van der Waals surface area contributed by atoms with E-state index in [1.165, 1.54) is 0 Å². The van der Waals surface area contributed by atoms with Gasteiger partial charge in [-0.2, -0.15) is 0 Å². The fourth-order valence-corrected chi connectivity index (χ4v) is 2.78. The van der Waals surface area contributed by atoms with Crippen LogP contribution in [0.4, 0.5) is 0 Å². The molecule has 0 radical (unpaired) electrons. The molecule has 0 bridgehead atoms. The fraction of sp³-hybridized carbons (Fsp3) is 0.200. The zero-order chi connectivity index (χ0) is 17.1. The van der Waals surface area contributed by atoms with Crippen molar-refractivity contribution in [2.45, 2.75) is 25.4 Å². The standard InChI is InChI=1S/C20H18N4O/c25-20(24(18-8-9-18)14-15-5-4-10-21-11-15)17-12-22-19(23-13-17)16-6-2-1-3-7-16/h1-7,10-13,18H,8-9,14H2. The predicted octanol–water partition coefficient (Wildman–Crippen LogP) is 3.34. The molecule has 1 fully saturated rings.